The molecule has 0 aliphatic heterocycles. The summed E-state index contributed by atoms with van der Waals surface area (Å²) in [4.78, 5) is 10.4. The van der Waals surface area contributed by atoms with Crippen LogP contribution in [0.3, 0.4) is 0 Å². The summed E-state index contributed by atoms with van der Waals surface area (Å²) in [5.74, 6) is 0.0475. The Morgan fingerprint density at radius 3 is 2.76 bits per heavy atom. The van der Waals surface area contributed by atoms with Crippen LogP contribution < -0.4 is 10.5 Å². The first-order valence-corrected chi connectivity index (χ1v) is 6.35. The Morgan fingerprint density at radius 1 is 1.33 bits per heavy atom. The van der Waals surface area contributed by atoms with Crippen molar-refractivity contribution in [2.45, 2.75) is 6.61 Å². The van der Waals surface area contributed by atoms with Gasteiger partial charge in [0.05, 0.1) is 4.92 Å². The Balaban J connectivity index is 2.20. The zero-order valence-electron chi connectivity index (χ0n) is 10.9. The smallest absolute Gasteiger partial charge is 0.311 e. The number of nitrogens with zero attached hydrogens (tertiary/aromatic N) is 1. The van der Waals surface area contributed by atoms with Crippen LogP contribution in [-0.4, -0.2) is 10.8 Å². The molecule has 0 aliphatic carbocycles. The minimum Gasteiger partial charge on any atom is -0.482 e. The van der Waals surface area contributed by atoms with Crippen LogP contribution in [-0.2, 0) is 6.61 Å². The van der Waals surface area contributed by atoms with Crippen molar-refractivity contribution < 1.29 is 9.66 Å². The van der Waals surface area contributed by atoms with Crippen LogP contribution in [0.15, 0.2) is 42.5 Å². The quantitative estimate of drug-likeness (QED) is 0.383. The van der Waals surface area contributed by atoms with Gasteiger partial charge in [0, 0.05) is 22.7 Å². The largest absolute Gasteiger partial charge is 0.482 e. The highest BCUT2D eigenvalue weighted by Gasteiger charge is 2.15. The predicted octanol–water partition coefficient (Wildman–Crippen LogP) is 3.11. The van der Waals surface area contributed by atoms with Gasteiger partial charge in [0.25, 0.3) is 0 Å². The summed E-state index contributed by atoms with van der Waals surface area (Å²) in [7, 11) is 0. The first kappa shape index (κ1) is 14.8. The molecule has 0 aromatic heterocycles. The molecular formula is C14H12ClN3O3. The molecule has 0 fully saturated rings. The van der Waals surface area contributed by atoms with Crippen molar-refractivity contribution in [3.8, 4) is 5.75 Å². The van der Waals surface area contributed by atoms with Crippen LogP contribution in [0.4, 0.5) is 5.69 Å². The number of hydrogen-bond donors (Lipinski definition) is 2. The van der Waals surface area contributed by atoms with Crippen molar-refractivity contribution in [2.24, 2.45) is 5.73 Å². The topological polar surface area (TPSA) is 102 Å². The Kier molecular flexibility index (Phi) is 4.39. The number of nitrogen functional groups attached to an aromatic ring is 1. The molecule has 0 saturated heterocycles. The van der Waals surface area contributed by atoms with Crippen molar-refractivity contribution in [1.29, 1.82) is 5.41 Å². The van der Waals surface area contributed by atoms with E-state index in [2.05, 4.69) is 0 Å². The average Bonchev–Trinajstić information content (AvgIpc) is 2.45. The minimum absolute atomic E-state index is 0.0504. The van der Waals surface area contributed by atoms with Crippen molar-refractivity contribution in [2.75, 3.05) is 0 Å². The number of benzene rings is 2. The number of nitro benzene ring substituents is 1. The number of amidine groups is 1. The van der Waals surface area contributed by atoms with Gasteiger partial charge in [0.2, 0.25) is 0 Å². The average molecular weight is 306 g/mol. The lowest BCUT2D eigenvalue weighted by Gasteiger charge is -2.08. The third-order valence-electron chi connectivity index (χ3n) is 2.75. The second-order valence-corrected chi connectivity index (χ2v) is 4.71. The second-order valence-electron chi connectivity index (χ2n) is 4.27. The highest BCUT2D eigenvalue weighted by Crippen LogP contribution is 2.30. The third-order valence-corrected chi connectivity index (χ3v) is 2.99. The van der Waals surface area contributed by atoms with Gasteiger partial charge in [-0.25, -0.2) is 0 Å². The molecule has 0 spiro atoms. The molecule has 6 nitrogen and oxygen atoms in total. The zero-order chi connectivity index (χ0) is 15.4. The molecule has 0 unspecified atom stereocenters. The molecule has 2 aromatic carbocycles. The van der Waals surface area contributed by atoms with Crippen LogP contribution in [0.5, 0.6) is 5.75 Å². The normalized spacial score (nSPS) is 10.1. The van der Waals surface area contributed by atoms with Gasteiger partial charge in [-0.1, -0.05) is 29.8 Å². The molecule has 2 aromatic rings. The second kappa shape index (κ2) is 6.23. The minimum atomic E-state index is -0.530. The Hall–Kier alpha value is -2.60. The van der Waals surface area contributed by atoms with E-state index in [0.29, 0.717) is 10.6 Å². The number of rotatable bonds is 5. The number of nitro groups is 1. The van der Waals surface area contributed by atoms with Crippen molar-refractivity contribution in [3.05, 3.63) is 68.7 Å². The van der Waals surface area contributed by atoms with Gasteiger partial charge in [-0.2, -0.15) is 0 Å². The zero-order valence-corrected chi connectivity index (χ0v) is 11.6. The van der Waals surface area contributed by atoms with Crippen LogP contribution in [0.2, 0.25) is 5.02 Å². The molecule has 7 heteroatoms. The van der Waals surface area contributed by atoms with Gasteiger partial charge in [0.15, 0.2) is 5.75 Å². The lowest BCUT2D eigenvalue weighted by Crippen LogP contribution is -2.11. The van der Waals surface area contributed by atoms with Crippen LogP contribution >= 0.6 is 11.6 Å². The predicted molar refractivity (Wildman–Crippen MR) is 79.9 cm³/mol. The van der Waals surface area contributed by atoms with Gasteiger partial charge in [-0.3, -0.25) is 15.5 Å². The van der Waals surface area contributed by atoms with E-state index in [1.165, 1.54) is 18.2 Å². The molecule has 21 heavy (non-hydrogen) atoms. The monoisotopic (exact) mass is 305 g/mol. The van der Waals surface area contributed by atoms with E-state index in [9.17, 15) is 10.1 Å². The van der Waals surface area contributed by atoms with Crippen molar-refractivity contribution >= 4 is 23.1 Å². The first-order chi connectivity index (χ1) is 9.97. The molecule has 0 saturated carbocycles. The van der Waals surface area contributed by atoms with Gasteiger partial charge in [-0.05, 0) is 17.7 Å². The van der Waals surface area contributed by atoms with E-state index in [0.717, 1.165) is 5.56 Å². The van der Waals surface area contributed by atoms with E-state index in [-0.39, 0.29) is 23.9 Å². The number of ether oxygens (including phenoxy) is 1. The Bertz CT molecular complexity index is 704. The van der Waals surface area contributed by atoms with Crippen molar-refractivity contribution in [3.63, 3.8) is 0 Å². The van der Waals surface area contributed by atoms with Crippen molar-refractivity contribution in [1.82, 2.24) is 0 Å². The number of halogens is 1. The SMILES string of the molecule is N=C(N)c1cccc(COc2cc(Cl)ccc2[N+](=O)[O-])c1. The first-order valence-electron chi connectivity index (χ1n) is 5.97. The number of hydrogen-bond acceptors (Lipinski definition) is 4. The summed E-state index contributed by atoms with van der Waals surface area (Å²) >= 11 is 5.82. The molecule has 0 heterocycles. The molecule has 0 bridgehead atoms. The van der Waals surface area contributed by atoms with Gasteiger partial charge < -0.3 is 10.5 Å². The summed E-state index contributed by atoms with van der Waals surface area (Å²) in [6.07, 6.45) is 0. The molecule has 0 radical (unpaired) electrons. The molecular weight excluding hydrogens is 294 g/mol. The molecule has 0 amide bonds. The molecule has 0 aliphatic rings. The van der Waals surface area contributed by atoms with E-state index in [4.69, 9.17) is 27.5 Å². The molecule has 108 valence electrons. The molecule has 0 atom stereocenters. The van der Waals surface area contributed by atoms with Crippen LogP contribution in [0, 0.1) is 15.5 Å². The fourth-order valence-electron chi connectivity index (χ4n) is 1.74. The van der Waals surface area contributed by atoms with E-state index in [1.807, 2.05) is 0 Å². The summed E-state index contributed by atoms with van der Waals surface area (Å²) < 4.78 is 5.46. The van der Waals surface area contributed by atoms with E-state index >= 15 is 0 Å². The number of nitrogens with two attached hydrogens (primary N) is 1. The summed E-state index contributed by atoms with van der Waals surface area (Å²) in [6.45, 7) is 0.113. The summed E-state index contributed by atoms with van der Waals surface area (Å²) in [5, 5.41) is 18.7. The lowest BCUT2D eigenvalue weighted by atomic mass is 10.1. The van der Waals surface area contributed by atoms with E-state index in [1.54, 1.807) is 24.3 Å². The highest BCUT2D eigenvalue weighted by molar-refractivity contribution is 6.30. The Morgan fingerprint density at radius 2 is 2.10 bits per heavy atom. The Labute approximate surface area is 125 Å². The summed E-state index contributed by atoms with van der Waals surface area (Å²) in [6, 6.07) is 11.0. The standard InChI is InChI=1S/C14H12ClN3O3/c15-11-4-5-12(18(19)20)13(7-11)21-8-9-2-1-3-10(6-9)14(16)17/h1-7H,8H2,(H3,16,17). The molecule has 2 rings (SSSR count). The highest BCUT2D eigenvalue weighted by atomic mass is 35.5. The third kappa shape index (κ3) is 3.70. The van der Waals surface area contributed by atoms with Gasteiger partial charge in [0.1, 0.15) is 12.4 Å². The fraction of sp³-hybridized carbons (Fsp3) is 0.0714. The maximum Gasteiger partial charge on any atom is 0.311 e. The number of nitrogens with one attached hydrogen (secondary N) is 1. The molecule has 3 N–H and O–H groups in total. The lowest BCUT2D eigenvalue weighted by molar-refractivity contribution is -0.385. The maximum absolute atomic E-state index is 10.9. The summed E-state index contributed by atoms with van der Waals surface area (Å²) in [5.41, 5.74) is 6.57. The fourth-order valence-corrected chi connectivity index (χ4v) is 1.91. The van der Waals surface area contributed by atoms with Crippen LogP contribution in [0.25, 0.3) is 0 Å². The van der Waals surface area contributed by atoms with Crippen LogP contribution in [0.1, 0.15) is 11.1 Å². The maximum atomic E-state index is 10.9. The van der Waals surface area contributed by atoms with E-state index < -0.39 is 4.92 Å². The van der Waals surface area contributed by atoms with Gasteiger partial charge >= 0.3 is 5.69 Å². The van der Waals surface area contributed by atoms with Gasteiger partial charge in [-0.15, -0.1) is 0 Å².